The van der Waals surface area contributed by atoms with E-state index >= 15 is 0 Å². The van der Waals surface area contributed by atoms with Crippen LogP contribution in [0.5, 0.6) is 11.6 Å². The van der Waals surface area contributed by atoms with Crippen LogP contribution < -0.4 is 15.4 Å². The number of hydrogen-bond donors (Lipinski definition) is 3. The molecule has 4 rings (SSSR count). The Bertz CT molecular complexity index is 1310. The first-order chi connectivity index (χ1) is 16.3. The topological polar surface area (TPSA) is 101 Å². The quantitative estimate of drug-likeness (QED) is 0.346. The lowest BCUT2D eigenvalue weighted by Crippen LogP contribution is -2.18. The van der Waals surface area contributed by atoms with Crippen molar-refractivity contribution in [3.8, 4) is 11.6 Å². The average Bonchev–Trinajstić information content (AvgIpc) is 3.23. The van der Waals surface area contributed by atoms with Gasteiger partial charge in [0.1, 0.15) is 12.1 Å². The molecule has 8 nitrogen and oxygen atoms in total. The summed E-state index contributed by atoms with van der Waals surface area (Å²) in [5.74, 6) is 0.813. The Labute approximate surface area is 192 Å². The summed E-state index contributed by atoms with van der Waals surface area (Å²) >= 11 is 0. The number of rotatable bonds is 7. The molecule has 2 aromatic heterocycles. The van der Waals surface area contributed by atoms with Crippen molar-refractivity contribution in [2.75, 3.05) is 18.5 Å². The third kappa shape index (κ3) is 5.50. The standard InChI is InChI=1S/C23H20F3N5O3/c24-23(25,26)16-2-1-3-17(11-16)30-22(33)31-8-6-15-10-19(4-5-20(15)31)34-21-12-18(28-14-29-21)13-27-7-9-32/h1-6,8,10-12,14,27,32H,7,9,13H2,(H,30,33). The molecule has 0 aliphatic heterocycles. The summed E-state index contributed by atoms with van der Waals surface area (Å²) in [6.07, 6.45) is -1.61. The lowest BCUT2D eigenvalue weighted by Gasteiger charge is -2.11. The van der Waals surface area contributed by atoms with Gasteiger partial charge in [-0.1, -0.05) is 6.07 Å². The molecule has 176 valence electrons. The number of carbonyl (C=O) groups is 1. The van der Waals surface area contributed by atoms with Crippen molar-refractivity contribution in [2.45, 2.75) is 12.7 Å². The van der Waals surface area contributed by atoms with E-state index in [1.807, 2.05) is 0 Å². The first-order valence-corrected chi connectivity index (χ1v) is 10.2. The highest BCUT2D eigenvalue weighted by Crippen LogP contribution is 2.31. The van der Waals surface area contributed by atoms with Crippen LogP contribution in [0.2, 0.25) is 0 Å². The van der Waals surface area contributed by atoms with Crippen LogP contribution >= 0.6 is 0 Å². The molecule has 3 N–H and O–H groups in total. The van der Waals surface area contributed by atoms with Crippen molar-refractivity contribution in [2.24, 2.45) is 0 Å². The summed E-state index contributed by atoms with van der Waals surface area (Å²) in [5, 5.41) is 15.0. The van der Waals surface area contributed by atoms with Gasteiger partial charge in [-0.25, -0.2) is 14.8 Å². The van der Waals surface area contributed by atoms with Gasteiger partial charge in [0.2, 0.25) is 5.88 Å². The molecule has 0 spiro atoms. The number of benzene rings is 2. The van der Waals surface area contributed by atoms with E-state index in [0.717, 1.165) is 12.1 Å². The minimum atomic E-state index is -4.50. The molecule has 0 aliphatic rings. The second kappa shape index (κ2) is 9.89. The number of fused-ring (bicyclic) bond motifs is 1. The lowest BCUT2D eigenvalue weighted by molar-refractivity contribution is -0.137. The summed E-state index contributed by atoms with van der Waals surface area (Å²) in [6.45, 7) is 0.906. The summed E-state index contributed by atoms with van der Waals surface area (Å²) in [5.41, 5.74) is 0.432. The monoisotopic (exact) mass is 471 g/mol. The van der Waals surface area contributed by atoms with Gasteiger partial charge >= 0.3 is 12.2 Å². The van der Waals surface area contributed by atoms with Crippen molar-refractivity contribution >= 4 is 22.6 Å². The number of ether oxygens (including phenoxy) is 1. The minimum Gasteiger partial charge on any atom is -0.439 e. The van der Waals surface area contributed by atoms with E-state index in [9.17, 15) is 18.0 Å². The smallest absolute Gasteiger partial charge is 0.416 e. The van der Waals surface area contributed by atoms with Gasteiger partial charge in [-0.3, -0.25) is 4.57 Å². The summed E-state index contributed by atoms with van der Waals surface area (Å²) in [4.78, 5) is 20.9. The number of aromatic nitrogens is 3. The number of amides is 1. The van der Waals surface area contributed by atoms with E-state index < -0.39 is 17.8 Å². The molecule has 34 heavy (non-hydrogen) atoms. The van der Waals surface area contributed by atoms with E-state index in [1.54, 1.807) is 30.3 Å². The van der Waals surface area contributed by atoms with Crippen molar-refractivity contribution in [1.82, 2.24) is 19.9 Å². The van der Waals surface area contributed by atoms with Gasteiger partial charge < -0.3 is 20.5 Å². The molecule has 0 saturated carbocycles. The highest BCUT2D eigenvalue weighted by Gasteiger charge is 2.30. The Morgan fingerprint density at radius 3 is 2.74 bits per heavy atom. The molecule has 0 atom stereocenters. The largest absolute Gasteiger partial charge is 0.439 e. The Morgan fingerprint density at radius 1 is 1.09 bits per heavy atom. The highest BCUT2D eigenvalue weighted by molar-refractivity contribution is 5.98. The zero-order valence-electron chi connectivity index (χ0n) is 17.7. The SMILES string of the molecule is O=C(Nc1cccc(C(F)(F)F)c1)n1ccc2cc(Oc3cc(CNCCO)ncn3)ccc21. The molecular formula is C23H20F3N5O3. The van der Waals surface area contributed by atoms with Crippen LogP contribution in [-0.4, -0.2) is 38.8 Å². The maximum absolute atomic E-state index is 12.9. The van der Waals surface area contributed by atoms with Gasteiger partial charge in [0, 0.05) is 36.4 Å². The zero-order valence-corrected chi connectivity index (χ0v) is 17.7. The molecule has 0 unspecified atom stereocenters. The second-order valence-electron chi connectivity index (χ2n) is 7.27. The molecular weight excluding hydrogens is 451 g/mol. The molecule has 0 saturated heterocycles. The van der Waals surface area contributed by atoms with E-state index in [4.69, 9.17) is 9.84 Å². The number of nitrogens with zero attached hydrogens (tertiary/aromatic N) is 3. The molecule has 2 heterocycles. The maximum atomic E-state index is 12.9. The first-order valence-electron chi connectivity index (χ1n) is 10.2. The number of aliphatic hydroxyl groups excluding tert-OH is 1. The predicted octanol–water partition coefficient (Wildman–Crippen LogP) is 4.40. The van der Waals surface area contributed by atoms with Crippen LogP contribution in [0.25, 0.3) is 10.9 Å². The number of anilines is 1. The Morgan fingerprint density at radius 2 is 1.94 bits per heavy atom. The van der Waals surface area contributed by atoms with Gasteiger partial charge in [0.15, 0.2) is 0 Å². The number of nitrogens with one attached hydrogen (secondary N) is 2. The van der Waals surface area contributed by atoms with Gasteiger partial charge in [-0.15, -0.1) is 0 Å². The van der Waals surface area contributed by atoms with Crippen molar-refractivity contribution in [3.63, 3.8) is 0 Å². The van der Waals surface area contributed by atoms with Gasteiger partial charge in [-0.05, 0) is 42.5 Å². The molecule has 0 fully saturated rings. The fourth-order valence-electron chi connectivity index (χ4n) is 3.26. The van der Waals surface area contributed by atoms with Crippen LogP contribution in [-0.2, 0) is 12.7 Å². The predicted molar refractivity (Wildman–Crippen MR) is 119 cm³/mol. The molecule has 2 aromatic carbocycles. The third-order valence-corrected chi connectivity index (χ3v) is 4.84. The number of alkyl halides is 3. The van der Waals surface area contributed by atoms with Crippen LogP contribution in [0.3, 0.4) is 0 Å². The van der Waals surface area contributed by atoms with E-state index in [1.165, 1.54) is 29.2 Å². The third-order valence-electron chi connectivity index (χ3n) is 4.84. The van der Waals surface area contributed by atoms with Crippen molar-refractivity contribution in [1.29, 1.82) is 0 Å². The number of carbonyl (C=O) groups excluding carboxylic acids is 1. The first kappa shape index (κ1) is 23.2. The summed E-state index contributed by atoms with van der Waals surface area (Å²) in [7, 11) is 0. The minimum absolute atomic E-state index is 0.0199. The van der Waals surface area contributed by atoms with Crippen LogP contribution in [0.1, 0.15) is 11.3 Å². The molecule has 1 amide bonds. The van der Waals surface area contributed by atoms with Crippen molar-refractivity contribution in [3.05, 3.63) is 78.4 Å². The van der Waals surface area contributed by atoms with E-state index in [0.29, 0.717) is 41.3 Å². The highest BCUT2D eigenvalue weighted by atomic mass is 19.4. The van der Waals surface area contributed by atoms with E-state index in [-0.39, 0.29) is 12.3 Å². The molecule has 0 radical (unpaired) electrons. The molecule has 0 aliphatic carbocycles. The van der Waals surface area contributed by atoms with Crippen LogP contribution in [0.15, 0.2) is 67.1 Å². The Hall–Kier alpha value is -3.96. The summed E-state index contributed by atoms with van der Waals surface area (Å²) < 4.78 is 45.9. The lowest BCUT2D eigenvalue weighted by atomic mass is 10.2. The Kier molecular flexibility index (Phi) is 6.75. The fourth-order valence-corrected chi connectivity index (χ4v) is 3.26. The number of halogens is 3. The van der Waals surface area contributed by atoms with Crippen LogP contribution in [0.4, 0.5) is 23.7 Å². The van der Waals surface area contributed by atoms with E-state index in [2.05, 4.69) is 20.6 Å². The van der Waals surface area contributed by atoms with Gasteiger partial charge in [0.25, 0.3) is 0 Å². The average molecular weight is 471 g/mol. The van der Waals surface area contributed by atoms with Gasteiger partial charge in [0.05, 0.1) is 23.4 Å². The fraction of sp³-hybridized carbons (Fsp3) is 0.174. The second-order valence-corrected chi connectivity index (χ2v) is 7.27. The molecule has 0 bridgehead atoms. The Balaban J connectivity index is 1.48. The molecule has 4 aromatic rings. The van der Waals surface area contributed by atoms with Crippen LogP contribution in [0, 0.1) is 0 Å². The van der Waals surface area contributed by atoms with Gasteiger partial charge in [-0.2, -0.15) is 13.2 Å². The molecule has 11 heteroatoms. The number of hydrogen-bond acceptors (Lipinski definition) is 6. The summed E-state index contributed by atoms with van der Waals surface area (Å²) in [6, 6.07) is 12.2. The zero-order chi connectivity index (χ0) is 24.1. The maximum Gasteiger partial charge on any atom is 0.416 e. The normalized spacial score (nSPS) is 11.5. The number of aliphatic hydroxyl groups is 1. The van der Waals surface area contributed by atoms with Crippen molar-refractivity contribution < 1.29 is 27.8 Å².